The topological polar surface area (TPSA) is 87.5 Å². The number of aromatic nitrogens is 3. The van der Waals surface area contributed by atoms with E-state index in [1.807, 2.05) is 65.3 Å². The number of rotatable bonds is 10. The van der Waals surface area contributed by atoms with Gasteiger partial charge in [0.05, 0.1) is 17.8 Å². The molecule has 5 rings (SSSR count). The highest BCUT2D eigenvalue weighted by Crippen LogP contribution is 2.29. The molecule has 2 aromatic carbocycles. The minimum absolute atomic E-state index is 0.0515. The van der Waals surface area contributed by atoms with Gasteiger partial charge in [-0.15, -0.1) is 0 Å². The van der Waals surface area contributed by atoms with Crippen molar-refractivity contribution in [2.75, 3.05) is 13.2 Å². The van der Waals surface area contributed by atoms with E-state index in [9.17, 15) is 4.79 Å². The molecule has 0 saturated carbocycles. The number of fused-ring (bicyclic) bond motifs is 1. The van der Waals surface area contributed by atoms with Crippen molar-refractivity contribution in [1.82, 2.24) is 20.1 Å². The first-order valence-corrected chi connectivity index (χ1v) is 16.8. The Balaban J connectivity index is 1.20. The number of amides is 1. The Bertz CT molecular complexity index is 1390. The van der Waals surface area contributed by atoms with E-state index < -0.39 is 8.07 Å². The van der Waals surface area contributed by atoms with Gasteiger partial charge >= 0.3 is 0 Å². The molecule has 1 fully saturated rings. The molecule has 0 unspecified atom stereocenters. The molecule has 1 aliphatic rings. The first-order chi connectivity index (χ1) is 18.3. The molecule has 3 heterocycles. The highest BCUT2D eigenvalue weighted by molar-refractivity contribution is 6.76. The zero-order valence-electron chi connectivity index (χ0n) is 22.1. The third-order valence-electron chi connectivity index (χ3n) is 6.46. The average molecular weight is 531 g/mol. The van der Waals surface area contributed by atoms with Crippen molar-refractivity contribution in [3.63, 3.8) is 0 Å². The molecule has 8 nitrogen and oxygen atoms in total. The van der Waals surface area contributed by atoms with Crippen molar-refractivity contribution in [2.24, 2.45) is 0 Å². The van der Waals surface area contributed by atoms with E-state index in [0.717, 1.165) is 46.3 Å². The lowest BCUT2D eigenvalue weighted by molar-refractivity contribution is -0.123. The third kappa shape index (κ3) is 6.79. The number of hydrogen-bond donors (Lipinski definition) is 1. The van der Waals surface area contributed by atoms with Gasteiger partial charge in [0.2, 0.25) is 11.8 Å². The summed E-state index contributed by atoms with van der Waals surface area (Å²) in [7, 11) is -1.11. The lowest BCUT2D eigenvalue weighted by Crippen LogP contribution is -2.40. The molecule has 2 aromatic heterocycles. The summed E-state index contributed by atoms with van der Waals surface area (Å²) in [4.78, 5) is 16.0. The number of pyridine rings is 1. The number of carbonyl (C=O) groups is 1. The normalized spacial score (nSPS) is 15.9. The summed E-state index contributed by atoms with van der Waals surface area (Å²) in [6.45, 7) is 8.76. The van der Waals surface area contributed by atoms with Crippen LogP contribution in [0.4, 0.5) is 0 Å². The predicted octanol–water partition coefficient (Wildman–Crippen LogP) is 5.86. The molecule has 198 valence electrons. The molecule has 1 aliphatic heterocycles. The second-order valence-electron chi connectivity index (χ2n) is 10.8. The number of nitrogens with one attached hydrogen (secondary N) is 1. The van der Waals surface area contributed by atoms with Gasteiger partial charge in [-0.2, -0.15) is 5.10 Å². The fraction of sp³-hybridized carbons (Fsp3) is 0.345. The largest absolute Gasteiger partial charge is 0.472 e. The van der Waals surface area contributed by atoms with Crippen LogP contribution < -0.4 is 14.8 Å². The average Bonchev–Trinajstić information content (AvgIpc) is 3.36. The second kappa shape index (κ2) is 11.4. The van der Waals surface area contributed by atoms with Crippen LogP contribution in [0.2, 0.25) is 25.7 Å². The quantitative estimate of drug-likeness (QED) is 0.204. The zero-order valence-corrected chi connectivity index (χ0v) is 23.1. The molecule has 1 atom stereocenters. The van der Waals surface area contributed by atoms with Crippen LogP contribution in [0, 0.1) is 0 Å². The van der Waals surface area contributed by atoms with Crippen LogP contribution in [0.5, 0.6) is 17.4 Å². The van der Waals surface area contributed by atoms with E-state index in [1.54, 1.807) is 6.20 Å². The molecule has 4 aromatic rings. The van der Waals surface area contributed by atoms with E-state index >= 15 is 0 Å². The zero-order chi connectivity index (χ0) is 26.5. The maximum Gasteiger partial charge on any atom is 0.220 e. The number of benzene rings is 2. The Morgan fingerprint density at radius 1 is 1.03 bits per heavy atom. The van der Waals surface area contributed by atoms with Gasteiger partial charge in [0.25, 0.3) is 0 Å². The fourth-order valence-electron chi connectivity index (χ4n) is 4.24. The summed E-state index contributed by atoms with van der Waals surface area (Å²) in [6.07, 6.45) is 2.93. The van der Waals surface area contributed by atoms with Gasteiger partial charge in [0.15, 0.2) is 0 Å². The molecule has 1 amide bonds. The molecule has 0 spiro atoms. The monoisotopic (exact) mass is 530 g/mol. The van der Waals surface area contributed by atoms with Crippen LogP contribution in [-0.2, 0) is 16.3 Å². The fourth-order valence-corrected chi connectivity index (χ4v) is 4.99. The predicted molar refractivity (Wildman–Crippen MR) is 150 cm³/mol. The summed E-state index contributed by atoms with van der Waals surface area (Å²) in [5.74, 6) is 2.11. The second-order valence-corrected chi connectivity index (χ2v) is 16.4. The summed E-state index contributed by atoms with van der Waals surface area (Å²) < 4.78 is 19.9. The van der Waals surface area contributed by atoms with Crippen LogP contribution in [0.1, 0.15) is 12.8 Å². The summed E-state index contributed by atoms with van der Waals surface area (Å²) >= 11 is 0. The lowest BCUT2D eigenvalue weighted by Gasteiger charge is -2.23. The Morgan fingerprint density at radius 3 is 2.61 bits per heavy atom. The van der Waals surface area contributed by atoms with Crippen LogP contribution >= 0.6 is 0 Å². The number of carbonyl (C=O) groups excluding carboxylic acids is 1. The van der Waals surface area contributed by atoms with Crippen molar-refractivity contribution >= 4 is 24.9 Å². The molecule has 38 heavy (non-hydrogen) atoms. The van der Waals surface area contributed by atoms with Crippen molar-refractivity contribution in [3.05, 3.63) is 66.9 Å². The number of ether oxygens (including phenoxy) is 3. The van der Waals surface area contributed by atoms with Crippen molar-refractivity contribution in [3.8, 4) is 28.6 Å². The highest BCUT2D eigenvalue weighted by atomic mass is 28.3. The van der Waals surface area contributed by atoms with Gasteiger partial charge in [0.1, 0.15) is 24.3 Å². The number of piperidine rings is 1. The maximum absolute atomic E-state index is 11.4. The van der Waals surface area contributed by atoms with Gasteiger partial charge in [-0.05, 0) is 67.1 Å². The van der Waals surface area contributed by atoms with Crippen LogP contribution in [0.25, 0.3) is 22.2 Å². The van der Waals surface area contributed by atoms with Gasteiger partial charge < -0.3 is 19.5 Å². The molecule has 0 aliphatic carbocycles. The lowest BCUT2D eigenvalue weighted by atomic mass is 10.1. The molecular weight excluding hydrogens is 496 g/mol. The van der Waals surface area contributed by atoms with E-state index in [1.165, 1.54) is 0 Å². The molecule has 9 heteroatoms. The van der Waals surface area contributed by atoms with Crippen LogP contribution in [0.3, 0.4) is 0 Å². The minimum atomic E-state index is -1.11. The minimum Gasteiger partial charge on any atom is -0.472 e. The van der Waals surface area contributed by atoms with E-state index in [-0.39, 0.29) is 12.0 Å². The third-order valence-corrected chi connectivity index (χ3v) is 8.16. The smallest absolute Gasteiger partial charge is 0.220 e. The van der Waals surface area contributed by atoms with Crippen LogP contribution in [0.15, 0.2) is 66.9 Å². The first-order valence-electron chi connectivity index (χ1n) is 13.0. The summed E-state index contributed by atoms with van der Waals surface area (Å²) in [5, 5.41) is 8.22. The van der Waals surface area contributed by atoms with Gasteiger partial charge in [-0.25, -0.2) is 9.67 Å². The van der Waals surface area contributed by atoms with Crippen molar-refractivity contribution in [1.29, 1.82) is 0 Å². The standard InChI is InChI=1S/C29H34N4O4Si/c1-38(2,3)17-16-35-20-33-27(14-15-31-33)21-4-7-23(8-5-21)36-24-9-11-26-22(18-24)6-13-29(32-26)37-25-10-12-28(34)30-19-25/h4-9,11,13-15,18,25H,10,12,16-17,19-20H2,1-3H3,(H,30,34)/t25-/m0/s1. The van der Waals surface area contributed by atoms with E-state index in [4.69, 9.17) is 14.2 Å². The summed E-state index contributed by atoms with van der Waals surface area (Å²) in [6, 6.07) is 20.7. The first kappa shape index (κ1) is 25.9. The summed E-state index contributed by atoms with van der Waals surface area (Å²) in [5.41, 5.74) is 2.89. The Hall–Kier alpha value is -3.69. The SMILES string of the molecule is C[Si](C)(C)CCOCn1nccc1-c1ccc(Oc2ccc3nc(O[C@H]4CCC(=O)NC4)ccc3c2)cc1. The van der Waals surface area contributed by atoms with Crippen molar-refractivity contribution < 1.29 is 19.0 Å². The van der Waals surface area contributed by atoms with Gasteiger partial charge in [-0.1, -0.05) is 19.6 Å². The molecule has 1 saturated heterocycles. The Morgan fingerprint density at radius 2 is 1.84 bits per heavy atom. The Kier molecular flexibility index (Phi) is 7.76. The van der Waals surface area contributed by atoms with E-state index in [0.29, 0.717) is 32.0 Å². The molecule has 0 bridgehead atoms. The van der Waals surface area contributed by atoms with Crippen molar-refractivity contribution in [2.45, 2.75) is 51.4 Å². The highest BCUT2D eigenvalue weighted by Gasteiger charge is 2.20. The maximum atomic E-state index is 11.4. The van der Waals surface area contributed by atoms with E-state index in [2.05, 4.69) is 35.0 Å². The molecule has 0 radical (unpaired) electrons. The number of hydrogen-bond acceptors (Lipinski definition) is 6. The molecule has 1 N–H and O–H groups in total. The van der Waals surface area contributed by atoms with Crippen LogP contribution in [-0.4, -0.2) is 48.0 Å². The molecular formula is C29H34N4O4Si. The van der Waals surface area contributed by atoms with Gasteiger partial charge in [-0.3, -0.25) is 4.79 Å². The Labute approximate surface area is 223 Å². The van der Waals surface area contributed by atoms with Gasteiger partial charge in [0, 0.05) is 44.3 Å². The number of nitrogens with zero attached hydrogens (tertiary/aromatic N) is 3.